The van der Waals surface area contributed by atoms with Gasteiger partial charge in [-0.1, -0.05) is 13.3 Å². The van der Waals surface area contributed by atoms with Gasteiger partial charge in [0.1, 0.15) is 6.54 Å². The molecule has 0 unspecified atom stereocenters. The van der Waals surface area contributed by atoms with Crippen LogP contribution in [0.1, 0.15) is 33.6 Å². The summed E-state index contributed by atoms with van der Waals surface area (Å²) in [4.78, 5) is 25.8. The first-order valence-electron chi connectivity index (χ1n) is 6.32. The van der Waals surface area contributed by atoms with Crippen molar-refractivity contribution in [3.05, 3.63) is 0 Å². The van der Waals surface area contributed by atoms with Gasteiger partial charge in [0.2, 0.25) is 0 Å². The van der Waals surface area contributed by atoms with Gasteiger partial charge >= 0.3 is 12.0 Å². The number of urea groups is 1. The number of aliphatic carboxylic acids is 1. The van der Waals surface area contributed by atoms with Gasteiger partial charge in [0, 0.05) is 19.1 Å². The lowest BCUT2D eigenvalue weighted by molar-refractivity contribution is -0.138. The van der Waals surface area contributed by atoms with Crippen molar-refractivity contribution in [1.29, 1.82) is 0 Å². The second-order valence-electron chi connectivity index (χ2n) is 4.46. The van der Waals surface area contributed by atoms with E-state index < -0.39 is 5.97 Å². The van der Waals surface area contributed by atoms with E-state index in [9.17, 15) is 9.59 Å². The van der Waals surface area contributed by atoms with Crippen LogP contribution in [0.5, 0.6) is 0 Å². The maximum absolute atomic E-state index is 12.2. The van der Waals surface area contributed by atoms with Gasteiger partial charge < -0.3 is 20.0 Å². The highest BCUT2D eigenvalue weighted by Gasteiger charge is 2.24. The summed E-state index contributed by atoms with van der Waals surface area (Å²) in [6.07, 6.45) is 1.78. The first-order valence-corrected chi connectivity index (χ1v) is 6.32. The molecule has 106 valence electrons. The quantitative estimate of drug-likeness (QED) is 0.682. The topological polar surface area (TPSA) is 81.1 Å². The van der Waals surface area contributed by atoms with Crippen molar-refractivity contribution in [1.82, 2.24) is 9.80 Å². The molecule has 0 aromatic carbocycles. The van der Waals surface area contributed by atoms with Crippen LogP contribution in [0.3, 0.4) is 0 Å². The maximum Gasteiger partial charge on any atom is 0.323 e. The summed E-state index contributed by atoms with van der Waals surface area (Å²) in [6.45, 7) is 5.91. The number of hydrogen-bond donors (Lipinski definition) is 2. The molecule has 0 heterocycles. The van der Waals surface area contributed by atoms with Crippen molar-refractivity contribution >= 4 is 12.0 Å². The Morgan fingerprint density at radius 2 is 1.83 bits per heavy atom. The van der Waals surface area contributed by atoms with Gasteiger partial charge in [-0.15, -0.1) is 0 Å². The lowest BCUT2D eigenvalue weighted by Gasteiger charge is -2.32. The zero-order valence-electron chi connectivity index (χ0n) is 11.4. The monoisotopic (exact) mass is 260 g/mol. The fourth-order valence-electron chi connectivity index (χ4n) is 1.57. The van der Waals surface area contributed by atoms with Gasteiger partial charge in [0.15, 0.2) is 0 Å². The van der Waals surface area contributed by atoms with E-state index in [-0.39, 0.29) is 31.8 Å². The first-order chi connectivity index (χ1) is 8.43. The third kappa shape index (κ3) is 5.86. The summed E-state index contributed by atoms with van der Waals surface area (Å²) in [5.74, 6) is -1.03. The lowest BCUT2D eigenvalue weighted by Crippen LogP contribution is -2.49. The molecule has 0 aliphatic heterocycles. The molecular formula is C12H24N2O4. The Hall–Kier alpha value is -1.30. The number of carboxylic acids is 1. The van der Waals surface area contributed by atoms with E-state index in [0.717, 1.165) is 12.8 Å². The summed E-state index contributed by atoms with van der Waals surface area (Å²) in [7, 11) is 0. The van der Waals surface area contributed by atoms with Gasteiger partial charge in [-0.3, -0.25) is 4.79 Å². The Balaban J connectivity index is 4.70. The van der Waals surface area contributed by atoms with Crippen molar-refractivity contribution in [2.45, 2.75) is 39.7 Å². The summed E-state index contributed by atoms with van der Waals surface area (Å²) < 4.78 is 0. The summed E-state index contributed by atoms with van der Waals surface area (Å²) >= 11 is 0. The minimum absolute atomic E-state index is 0.117. The second-order valence-corrected chi connectivity index (χ2v) is 4.46. The molecule has 0 aromatic rings. The minimum Gasteiger partial charge on any atom is -0.480 e. The number of aliphatic hydroxyl groups excluding tert-OH is 1. The summed E-state index contributed by atoms with van der Waals surface area (Å²) in [6, 6.07) is -0.508. The molecule has 0 rings (SSSR count). The molecule has 0 aliphatic rings. The molecule has 0 atom stereocenters. The Bertz CT molecular complexity index is 269. The maximum atomic E-state index is 12.2. The molecule has 6 heteroatoms. The molecule has 0 saturated heterocycles. The van der Waals surface area contributed by atoms with E-state index in [1.54, 1.807) is 13.8 Å². The van der Waals surface area contributed by atoms with E-state index in [4.69, 9.17) is 10.2 Å². The Morgan fingerprint density at radius 1 is 1.22 bits per heavy atom. The minimum atomic E-state index is -1.03. The number of carboxylic acid groups (broad SMARTS) is 1. The largest absolute Gasteiger partial charge is 0.480 e. The Kier molecular flexibility index (Phi) is 8.11. The Morgan fingerprint density at radius 3 is 2.22 bits per heavy atom. The number of carbonyl (C=O) groups excluding carboxylic acids is 1. The molecule has 0 aliphatic carbocycles. The SMILES string of the molecule is CCCCN(CCO)C(=O)N(CC(=O)O)C(C)C. The van der Waals surface area contributed by atoms with Crippen molar-refractivity contribution in [3.8, 4) is 0 Å². The highest BCUT2D eigenvalue weighted by atomic mass is 16.4. The third-order valence-corrected chi connectivity index (χ3v) is 2.60. The van der Waals surface area contributed by atoms with Crippen LogP contribution in [0.25, 0.3) is 0 Å². The number of unbranched alkanes of at least 4 members (excludes halogenated alkanes) is 1. The first kappa shape index (κ1) is 16.7. The lowest BCUT2D eigenvalue weighted by atomic mass is 10.3. The number of carbonyl (C=O) groups is 2. The van der Waals surface area contributed by atoms with Crippen LogP contribution >= 0.6 is 0 Å². The molecule has 0 saturated carbocycles. The van der Waals surface area contributed by atoms with E-state index in [2.05, 4.69) is 0 Å². The van der Waals surface area contributed by atoms with Crippen molar-refractivity contribution in [2.24, 2.45) is 0 Å². The van der Waals surface area contributed by atoms with Crippen LogP contribution < -0.4 is 0 Å². The molecule has 6 nitrogen and oxygen atoms in total. The highest BCUT2D eigenvalue weighted by Crippen LogP contribution is 2.06. The van der Waals surface area contributed by atoms with Crippen LogP contribution in [-0.2, 0) is 4.79 Å². The van der Waals surface area contributed by atoms with Crippen molar-refractivity contribution < 1.29 is 19.8 Å². The second kappa shape index (κ2) is 8.74. The molecule has 2 amide bonds. The van der Waals surface area contributed by atoms with Gasteiger partial charge in [0.05, 0.1) is 6.61 Å². The standard InChI is InChI=1S/C12H24N2O4/c1-4-5-6-13(7-8-15)12(18)14(10(2)3)9-11(16)17/h10,15H,4-9H2,1-3H3,(H,16,17). The van der Waals surface area contributed by atoms with Crippen molar-refractivity contribution in [3.63, 3.8) is 0 Å². The van der Waals surface area contributed by atoms with Gasteiger partial charge in [-0.05, 0) is 20.3 Å². The average Bonchev–Trinajstić information content (AvgIpc) is 2.30. The zero-order chi connectivity index (χ0) is 14.1. The molecule has 18 heavy (non-hydrogen) atoms. The van der Waals surface area contributed by atoms with Crippen LogP contribution in [-0.4, -0.2) is 64.3 Å². The summed E-state index contributed by atoms with van der Waals surface area (Å²) in [5.41, 5.74) is 0. The van der Waals surface area contributed by atoms with E-state index in [0.29, 0.717) is 6.54 Å². The zero-order valence-corrected chi connectivity index (χ0v) is 11.4. The number of hydrogen-bond acceptors (Lipinski definition) is 3. The smallest absolute Gasteiger partial charge is 0.323 e. The molecule has 0 spiro atoms. The molecule has 0 fully saturated rings. The van der Waals surface area contributed by atoms with E-state index in [1.165, 1.54) is 9.80 Å². The molecule has 0 radical (unpaired) electrons. The van der Waals surface area contributed by atoms with Gasteiger partial charge in [-0.25, -0.2) is 4.79 Å². The Labute approximate surface area is 108 Å². The molecule has 0 bridgehead atoms. The van der Waals surface area contributed by atoms with Gasteiger partial charge in [-0.2, -0.15) is 0 Å². The van der Waals surface area contributed by atoms with Crippen LogP contribution in [0.2, 0.25) is 0 Å². The van der Waals surface area contributed by atoms with Crippen molar-refractivity contribution in [2.75, 3.05) is 26.2 Å². The van der Waals surface area contributed by atoms with Gasteiger partial charge in [0.25, 0.3) is 0 Å². The fraction of sp³-hybridized carbons (Fsp3) is 0.833. The highest BCUT2D eigenvalue weighted by molar-refractivity contribution is 5.80. The fourth-order valence-corrected chi connectivity index (χ4v) is 1.57. The van der Waals surface area contributed by atoms with E-state index in [1.807, 2.05) is 6.92 Å². The number of amides is 2. The predicted molar refractivity (Wildman–Crippen MR) is 68.4 cm³/mol. The van der Waals surface area contributed by atoms with Crippen LogP contribution in [0, 0.1) is 0 Å². The molecule has 2 N–H and O–H groups in total. The average molecular weight is 260 g/mol. The van der Waals surface area contributed by atoms with Crippen LogP contribution in [0.15, 0.2) is 0 Å². The van der Waals surface area contributed by atoms with E-state index >= 15 is 0 Å². The molecule has 0 aromatic heterocycles. The number of nitrogens with zero attached hydrogens (tertiary/aromatic N) is 2. The van der Waals surface area contributed by atoms with Crippen LogP contribution in [0.4, 0.5) is 4.79 Å². The number of aliphatic hydroxyl groups is 1. The molecular weight excluding hydrogens is 236 g/mol. The number of rotatable bonds is 8. The normalized spacial score (nSPS) is 10.5. The third-order valence-electron chi connectivity index (χ3n) is 2.60. The predicted octanol–water partition coefficient (Wildman–Crippen LogP) is 0.996. The summed E-state index contributed by atoms with van der Waals surface area (Å²) in [5, 5.41) is 17.8.